The van der Waals surface area contributed by atoms with Crippen LogP contribution in [0.2, 0.25) is 0 Å². The van der Waals surface area contributed by atoms with Gasteiger partial charge < -0.3 is 4.74 Å². The van der Waals surface area contributed by atoms with Crippen molar-refractivity contribution in [2.75, 3.05) is 13.1 Å². The molecule has 1 atom stereocenters. The lowest BCUT2D eigenvalue weighted by atomic mass is 9.87. The van der Waals surface area contributed by atoms with Crippen LogP contribution in [-0.4, -0.2) is 35.4 Å². The maximum absolute atomic E-state index is 12.9. The van der Waals surface area contributed by atoms with Crippen molar-refractivity contribution in [1.82, 2.24) is 4.90 Å². The predicted octanol–water partition coefficient (Wildman–Crippen LogP) is 3.92. The number of carbonyl (C=O) groups excluding carboxylic acids is 1. The van der Waals surface area contributed by atoms with Crippen LogP contribution in [0.25, 0.3) is 0 Å². The fourth-order valence-corrected chi connectivity index (χ4v) is 3.01. The summed E-state index contributed by atoms with van der Waals surface area (Å²) >= 11 is 0. The molecule has 0 amide bonds. The van der Waals surface area contributed by atoms with Gasteiger partial charge in [0.15, 0.2) is 5.78 Å². The predicted molar refractivity (Wildman–Crippen MR) is 86.0 cm³/mol. The van der Waals surface area contributed by atoms with Crippen LogP contribution in [0.3, 0.4) is 0 Å². The number of likely N-dealkylation sites (tertiary alicyclic amines) is 1. The average molecular weight is 289 g/mol. The number of nitrogens with zero attached hydrogens (tertiary/aromatic N) is 1. The Kier molecular flexibility index (Phi) is 5.04. The first-order valence-corrected chi connectivity index (χ1v) is 8.04. The second-order valence-corrected chi connectivity index (χ2v) is 6.34. The quantitative estimate of drug-likeness (QED) is 0.743. The maximum Gasteiger partial charge on any atom is 0.182 e. The van der Waals surface area contributed by atoms with E-state index in [9.17, 15) is 4.79 Å². The molecule has 1 aromatic rings. The van der Waals surface area contributed by atoms with Gasteiger partial charge in [-0.25, -0.2) is 0 Å². The lowest BCUT2D eigenvalue weighted by Crippen LogP contribution is -2.50. The van der Waals surface area contributed by atoms with Crippen molar-refractivity contribution in [3.05, 3.63) is 29.8 Å². The van der Waals surface area contributed by atoms with Gasteiger partial charge in [0.2, 0.25) is 0 Å². The number of ether oxygens (including phenoxy) is 1. The molecule has 2 rings (SSSR count). The Bertz CT molecular complexity index is 474. The Balaban J connectivity index is 2.17. The van der Waals surface area contributed by atoms with Gasteiger partial charge in [0.05, 0.1) is 11.6 Å². The zero-order valence-corrected chi connectivity index (χ0v) is 13.7. The SMILES string of the molecule is CCC(C)(C(=O)c1ccc(OC(C)C)cc1)N1CCCC1. The number of hydrogen-bond donors (Lipinski definition) is 0. The fraction of sp³-hybridized carbons (Fsp3) is 0.611. The van der Waals surface area contributed by atoms with E-state index < -0.39 is 0 Å². The molecule has 0 aromatic heterocycles. The van der Waals surface area contributed by atoms with Gasteiger partial charge in [0, 0.05) is 5.56 Å². The molecule has 0 bridgehead atoms. The number of hydrogen-bond acceptors (Lipinski definition) is 3. The van der Waals surface area contributed by atoms with Gasteiger partial charge in [-0.2, -0.15) is 0 Å². The molecule has 0 N–H and O–H groups in total. The number of ketones is 1. The third-order valence-electron chi connectivity index (χ3n) is 4.47. The molecule has 3 nitrogen and oxygen atoms in total. The van der Waals surface area contributed by atoms with Crippen LogP contribution in [0.4, 0.5) is 0 Å². The summed E-state index contributed by atoms with van der Waals surface area (Å²) in [5.41, 5.74) is 0.402. The smallest absolute Gasteiger partial charge is 0.182 e. The second kappa shape index (κ2) is 6.61. The van der Waals surface area contributed by atoms with Gasteiger partial charge in [0.25, 0.3) is 0 Å². The normalized spacial score (nSPS) is 18.7. The molecule has 0 saturated carbocycles. The molecule has 1 saturated heterocycles. The summed E-state index contributed by atoms with van der Waals surface area (Å²) in [5.74, 6) is 1.05. The summed E-state index contributed by atoms with van der Waals surface area (Å²) in [6.45, 7) is 10.3. The minimum absolute atomic E-state index is 0.150. The minimum Gasteiger partial charge on any atom is -0.491 e. The van der Waals surface area contributed by atoms with Crippen LogP contribution >= 0.6 is 0 Å². The molecule has 1 fully saturated rings. The van der Waals surface area contributed by atoms with E-state index in [0.717, 1.165) is 30.8 Å². The van der Waals surface area contributed by atoms with Crippen LogP contribution < -0.4 is 4.74 Å². The van der Waals surface area contributed by atoms with Gasteiger partial charge in [-0.1, -0.05) is 6.92 Å². The van der Waals surface area contributed by atoms with E-state index in [2.05, 4.69) is 18.7 Å². The number of rotatable bonds is 6. The van der Waals surface area contributed by atoms with Crippen LogP contribution in [0, 0.1) is 0 Å². The molecule has 1 aliphatic heterocycles. The standard InChI is InChI=1S/C18H27NO2/c1-5-18(4,19-12-6-7-13-19)17(20)15-8-10-16(11-9-15)21-14(2)3/h8-11,14H,5-7,12-13H2,1-4H3. The zero-order chi connectivity index (χ0) is 15.5. The first-order chi connectivity index (χ1) is 9.97. The molecule has 3 heteroatoms. The van der Waals surface area contributed by atoms with Crippen LogP contribution in [0.1, 0.15) is 57.3 Å². The monoisotopic (exact) mass is 289 g/mol. The van der Waals surface area contributed by atoms with Gasteiger partial charge in [-0.15, -0.1) is 0 Å². The largest absolute Gasteiger partial charge is 0.491 e. The second-order valence-electron chi connectivity index (χ2n) is 6.34. The molecular formula is C18H27NO2. The summed E-state index contributed by atoms with van der Waals surface area (Å²) < 4.78 is 5.64. The lowest BCUT2D eigenvalue weighted by molar-refractivity contribution is 0.0647. The van der Waals surface area contributed by atoms with Gasteiger partial charge in [-0.05, 0) is 77.4 Å². The van der Waals surface area contributed by atoms with Crippen LogP contribution in [0.5, 0.6) is 5.75 Å². The highest BCUT2D eigenvalue weighted by Crippen LogP contribution is 2.29. The first-order valence-electron chi connectivity index (χ1n) is 8.04. The van der Waals surface area contributed by atoms with Crippen molar-refractivity contribution in [3.63, 3.8) is 0 Å². The average Bonchev–Trinajstić information content (AvgIpc) is 3.00. The van der Waals surface area contributed by atoms with Crippen LogP contribution in [-0.2, 0) is 0 Å². The fourth-order valence-electron chi connectivity index (χ4n) is 3.01. The van der Waals surface area contributed by atoms with Crippen molar-refractivity contribution < 1.29 is 9.53 Å². The topological polar surface area (TPSA) is 29.5 Å². The Labute approximate surface area is 128 Å². The molecule has 1 unspecified atom stereocenters. The molecular weight excluding hydrogens is 262 g/mol. The molecule has 0 radical (unpaired) electrons. The van der Waals surface area contributed by atoms with E-state index in [1.54, 1.807) is 0 Å². The molecule has 0 spiro atoms. The molecule has 1 aromatic carbocycles. The summed E-state index contributed by atoms with van der Waals surface area (Å²) in [4.78, 5) is 15.3. The molecule has 1 aliphatic rings. The first kappa shape index (κ1) is 16.0. The van der Waals surface area contributed by atoms with E-state index in [1.807, 2.05) is 38.1 Å². The Morgan fingerprint density at radius 1 is 1.24 bits per heavy atom. The summed E-state index contributed by atoms with van der Waals surface area (Å²) in [6, 6.07) is 7.58. The molecule has 116 valence electrons. The van der Waals surface area contributed by atoms with Crippen LogP contribution in [0.15, 0.2) is 24.3 Å². The summed E-state index contributed by atoms with van der Waals surface area (Å²) in [7, 11) is 0. The van der Waals surface area contributed by atoms with Gasteiger partial charge in [0.1, 0.15) is 5.75 Å². The van der Waals surface area contributed by atoms with E-state index in [0.29, 0.717) is 0 Å². The van der Waals surface area contributed by atoms with Crippen molar-refractivity contribution in [2.24, 2.45) is 0 Å². The summed E-state index contributed by atoms with van der Waals surface area (Å²) in [6.07, 6.45) is 3.39. The van der Waals surface area contributed by atoms with Crippen molar-refractivity contribution in [3.8, 4) is 5.75 Å². The Morgan fingerprint density at radius 2 is 1.81 bits per heavy atom. The number of Topliss-reactive ketones (excluding diaryl/α,β-unsaturated/α-hetero) is 1. The molecule has 1 heterocycles. The molecule has 0 aliphatic carbocycles. The van der Waals surface area contributed by atoms with E-state index in [-0.39, 0.29) is 17.4 Å². The van der Waals surface area contributed by atoms with E-state index in [1.165, 1.54) is 12.8 Å². The van der Waals surface area contributed by atoms with Crippen molar-refractivity contribution >= 4 is 5.78 Å². The third kappa shape index (κ3) is 3.46. The number of carbonyl (C=O) groups is 1. The van der Waals surface area contributed by atoms with Gasteiger partial charge >= 0.3 is 0 Å². The van der Waals surface area contributed by atoms with Crippen molar-refractivity contribution in [2.45, 2.75) is 58.6 Å². The minimum atomic E-state index is -0.378. The Morgan fingerprint density at radius 3 is 2.29 bits per heavy atom. The lowest BCUT2D eigenvalue weighted by Gasteiger charge is -2.36. The highest BCUT2D eigenvalue weighted by atomic mass is 16.5. The van der Waals surface area contributed by atoms with Gasteiger partial charge in [-0.3, -0.25) is 9.69 Å². The summed E-state index contributed by atoms with van der Waals surface area (Å²) in [5, 5.41) is 0. The van der Waals surface area contributed by atoms with E-state index in [4.69, 9.17) is 4.74 Å². The maximum atomic E-state index is 12.9. The third-order valence-corrected chi connectivity index (χ3v) is 4.47. The highest BCUT2D eigenvalue weighted by Gasteiger charge is 2.39. The Hall–Kier alpha value is -1.35. The zero-order valence-electron chi connectivity index (χ0n) is 13.7. The highest BCUT2D eigenvalue weighted by molar-refractivity contribution is 6.03. The molecule has 21 heavy (non-hydrogen) atoms. The number of benzene rings is 1. The van der Waals surface area contributed by atoms with Crippen molar-refractivity contribution in [1.29, 1.82) is 0 Å². The van der Waals surface area contributed by atoms with E-state index >= 15 is 0 Å².